The molecule has 0 radical (unpaired) electrons. The van der Waals surface area contributed by atoms with Crippen molar-refractivity contribution in [1.29, 1.82) is 5.26 Å². The lowest BCUT2D eigenvalue weighted by atomic mass is 9.92. The summed E-state index contributed by atoms with van der Waals surface area (Å²) in [6.45, 7) is 6.90. The number of nitriles is 1. The van der Waals surface area contributed by atoms with E-state index in [0.29, 0.717) is 31.8 Å². The third-order valence-electron chi connectivity index (χ3n) is 6.31. The molecule has 1 aliphatic carbocycles. The van der Waals surface area contributed by atoms with Crippen molar-refractivity contribution in [2.45, 2.75) is 39.4 Å². The first-order chi connectivity index (χ1) is 16.3. The van der Waals surface area contributed by atoms with Gasteiger partial charge >= 0.3 is 0 Å². The van der Waals surface area contributed by atoms with Gasteiger partial charge in [0, 0.05) is 45.7 Å². The normalized spacial score (nSPS) is 17.9. The van der Waals surface area contributed by atoms with Crippen LogP contribution in [0.25, 0.3) is 0 Å². The fourth-order valence-electron chi connectivity index (χ4n) is 4.30. The summed E-state index contributed by atoms with van der Waals surface area (Å²) in [5.74, 6) is -0.942. The third kappa shape index (κ3) is 6.29. The maximum Gasteiger partial charge on any atom is 0.250 e. The van der Waals surface area contributed by atoms with Crippen LogP contribution in [0.2, 0.25) is 0 Å². The molecular weight excluding hydrogens is 435 g/mol. The molecular formula is C25H33FN6O2. The van der Waals surface area contributed by atoms with E-state index in [9.17, 15) is 19.2 Å². The number of amides is 2. The molecule has 2 aliphatic rings. The lowest BCUT2D eigenvalue weighted by Crippen LogP contribution is -2.51. The van der Waals surface area contributed by atoms with Gasteiger partial charge in [0.1, 0.15) is 5.83 Å². The topological polar surface area (TPSA) is 91.7 Å². The highest BCUT2D eigenvalue weighted by Gasteiger charge is 2.32. The van der Waals surface area contributed by atoms with E-state index >= 15 is 0 Å². The van der Waals surface area contributed by atoms with Crippen LogP contribution >= 0.6 is 0 Å². The van der Waals surface area contributed by atoms with Crippen LogP contribution in [-0.4, -0.2) is 72.5 Å². The summed E-state index contributed by atoms with van der Waals surface area (Å²) in [4.78, 5) is 27.7. The van der Waals surface area contributed by atoms with Gasteiger partial charge in [0.2, 0.25) is 5.91 Å². The molecule has 8 nitrogen and oxygen atoms in total. The van der Waals surface area contributed by atoms with Crippen molar-refractivity contribution in [1.82, 2.24) is 25.6 Å². The molecule has 1 unspecified atom stereocenters. The Balaban J connectivity index is 1.70. The zero-order valence-corrected chi connectivity index (χ0v) is 20.1. The fourth-order valence-corrected chi connectivity index (χ4v) is 4.30. The number of halogens is 1. The lowest BCUT2D eigenvalue weighted by Gasteiger charge is -2.35. The van der Waals surface area contributed by atoms with Crippen LogP contribution in [0.1, 0.15) is 31.4 Å². The number of hydrogen-bond acceptors (Lipinski definition) is 6. The first kappa shape index (κ1) is 25.6. The van der Waals surface area contributed by atoms with E-state index in [1.165, 1.54) is 17.2 Å². The number of hydrazine groups is 1. The largest absolute Gasteiger partial charge is 0.354 e. The summed E-state index contributed by atoms with van der Waals surface area (Å²) in [6.07, 6.45) is 1.45. The predicted octanol–water partition coefficient (Wildman–Crippen LogP) is 1.87. The van der Waals surface area contributed by atoms with Crippen LogP contribution < -0.4 is 10.6 Å². The minimum Gasteiger partial charge on any atom is -0.354 e. The molecule has 0 saturated carbocycles. The molecule has 1 atom stereocenters. The van der Waals surface area contributed by atoms with Gasteiger partial charge in [0.15, 0.2) is 0 Å². The lowest BCUT2D eigenvalue weighted by molar-refractivity contribution is -0.148. The Morgan fingerprint density at radius 2 is 1.88 bits per heavy atom. The molecule has 0 fully saturated rings. The quantitative estimate of drug-likeness (QED) is 0.510. The van der Waals surface area contributed by atoms with Crippen molar-refractivity contribution < 1.29 is 14.0 Å². The minimum absolute atomic E-state index is 0.0257. The van der Waals surface area contributed by atoms with Crippen LogP contribution in [0.4, 0.5) is 4.39 Å². The molecule has 9 heteroatoms. The second-order valence-electron chi connectivity index (χ2n) is 8.66. The highest BCUT2D eigenvalue weighted by Crippen LogP contribution is 2.29. The van der Waals surface area contributed by atoms with Crippen molar-refractivity contribution in [2.24, 2.45) is 0 Å². The van der Waals surface area contributed by atoms with Crippen LogP contribution in [0, 0.1) is 11.3 Å². The highest BCUT2D eigenvalue weighted by molar-refractivity contribution is 5.81. The van der Waals surface area contributed by atoms with Crippen molar-refractivity contribution in [3.05, 3.63) is 58.4 Å². The van der Waals surface area contributed by atoms with Crippen LogP contribution in [-0.2, 0) is 22.7 Å². The van der Waals surface area contributed by atoms with Gasteiger partial charge in [-0.2, -0.15) is 5.26 Å². The Morgan fingerprint density at radius 1 is 1.21 bits per heavy atom. The van der Waals surface area contributed by atoms with Crippen LogP contribution in [0.15, 0.2) is 47.3 Å². The molecule has 0 bridgehead atoms. The van der Waals surface area contributed by atoms with Crippen LogP contribution in [0.5, 0.6) is 0 Å². The molecule has 2 amide bonds. The van der Waals surface area contributed by atoms with Gasteiger partial charge in [-0.1, -0.05) is 36.8 Å². The van der Waals surface area contributed by atoms with E-state index in [0.717, 1.165) is 6.54 Å². The standard InChI is InChI=1S/C25H33FN6O2/c1-4-28-9-10-29-24(33)16-31(23-12-21(13-27)22(26)11-18(23)2)17-25(34)30(3)32-14-19-7-5-6-8-20(19)15-32/h5-8,11,23,28H,4,9-10,12,14-17H2,1-3H3,(H,29,33). The minimum atomic E-state index is -0.551. The Bertz CT molecular complexity index is 990. The molecule has 1 aromatic rings. The Kier molecular flexibility index (Phi) is 8.93. The maximum absolute atomic E-state index is 14.2. The second-order valence-corrected chi connectivity index (χ2v) is 8.66. The molecule has 2 N–H and O–H groups in total. The van der Waals surface area contributed by atoms with Crippen molar-refractivity contribution in [2.75, 3.05) is 39.8 Å². The molecule has 0 saturated heterocycles. The average Bonchev–Trinajstić information content (AvgIpc) is 3.25. The van der Waals surface area contributed by atoms with E-state index in [4.69, 9.17) is 0 Å². The number of allylic oxidation sites excluding steroid dienone is 2. The fraction of sp³-hybridized carbons (Fsp3) is 0.480. The second kappa shape index (κ2) is 11.9. The number of carbonyl (C=O) groups is 2. The van der Waals surface area contributed by atoms with Gasteiger partial charge in [0.05, 0.1) is 24.7 Å². The number of rotatable bonds is 10. The molecule has 34 heavy (non-hydrogen) atoms. The van der Waals surface area contributed by atoms with Gasteiger partial charge in [0.25, 0.3) is 5.91 Å². The monoisotopic (exact) mass is 468 g/mol. The smallest absolute Gasteiger partial charge is 0.250 e. The third-order valence-corrected chi connectivity index (χ3v) is 6.31. The SMILES string of the molecule is CCNCCNC(=O)CN(CC(=O)N(C)N1Cc2ccccc2C1)C1CC(C#N)=C(F)C=C1C. The predicted molar refractivity (Wildman–Crippen MR) is 127 cm³/mol. The number of likely N-dealkylation sites (N-methyl/N-ethyl adjacent to an activating group) is 2. The molecule has 182 valence electrons. The number of benzene rings is 1. The zero-order valence-electron chi connectivity index (χ0n) is 20.1. The van der Waals surface area contributed by atoms with E-state index in [1.807, 2.05) is 30.1 Å². The molecule has 3 rings (SSSR count). The van der Waals surface area contributed by atoms with E-state index in [2.05, 4.69) is 22.8 Å². The highest BCUT2D eigenvalue weighted by atomic mass is 19.1. The molecule has 0 spiro atoms. The van der Waals surface area contributed by atoms with E-state index < -0.39 is 11.9 Å². The molecule has 1 aromatic carbocycles. The molecule has 1 aliphatic heterocycles. The Hall–Kier alpha value is -3.06. The Morgan fingerprint density at radius 3 is 2.50 bits per heavy atom. The van der Waals surface area contributed by atoms with Gasteiger partial charge in [-0.05, 0) is 30.7 Å². The maximum atomic E-state index is 14.2. The average molecular weight is 469 g/mol. The zero-order chi connectivity index (χ0) is 24.7. The number of fused-ring (bicyclic) bond motifs is 1. The van der Waals surface area contributed by atoms with Gasteiger partial charge in [-0.15, -0.1) is 0 Å². The summed E-state index contributed by atoms with van der Waals surface area (Å²) >= 11 is 0. The summed E-state index contributed by atoms with van der Waals surface area (Å²) in [5, 5.41) is 18.9. The Labute approximate surface area is 200 Å². The van der Waals surface area contributed by atoms with E-state index in [1.54, 1.807) is 23.9 Å². The summed E-state index contributed by atoms with van der Waals surface area (Å²) < 4.78 is 14.2. The van der Waals surface area contributed by atoms with Crippen molar-refractivity contribution >= 4 is 11.8 Å². The number of carbonyl (C=O) groups excluding carboxylic acids is 2. The van der Waals surface area contributed by atoms with E-state index in [-0.39, 0.29) is 36.9 Å². The molecule has 1 heterocycles. The summed E-state index contributed by atoms with van der Waals surface area (Å²) in [5.41, 5.74) is 3.08. The first-order valence-corrected chi connectivity index (χ1v) is 11.6. The first-order valence-electron chi connectivity index (χ1n) is 11.6. The summed E-state index contributed by atoms with van der Waals surface area (Å²) in [6, 6.07) is 9.57. The number of nitrogens with one attached hydrogen (secondary N) is 2. The van der Waals surface area contributed by atoms with Crippen molar-refractivity contribution in [3.63, 3.8) is 0 Å². The van der Waals surface area contributed by atoms with Gasteiger partial charge in [-0.25, -0.2) is 9.40 Å². The number of nitrogens with zero attached hydrogens (tertiary/aromatic N) is 4. The number of hydrogen-bond donors (Lipinski definition) is 2. The molecule has 0 aromatic heterocycles. The van der Waals surface area contributed by atoms with Gasteiger partial charge < -0.3 is 10.6 Å². The van der Waals surface area contributed by atoms with Crippen molar-refractivity contribution in [3.8, 4) is 6.07 Å². The van der Waals surface area contributed by atoms with Crippen LogP contribution in [0.3, 0.4) is 0 Å². The summed E-state index contributed by atoms with van der Waals surface area (Å²) in [7, 11) is 1.73. The van der Waals surface area contributed by atoms with Gasteiger partial charge in [-0.3, -0.25) is 19.5 Å².